The van der Waals surface area contributed by atoms with Crippen molar-refractivity contribution in [3.8, 4) is 0 Å². The molecule has 0 spiro atoms. The number of nitrogens with two attached hydrogens (primary N) is 1. The highest BCUT2D eigenvalue weighted by atomic mass is 16.4. The van der Waals surface area contributed by atoms with Gasteiger partial charge in [0, 0.05) is 6.54 Å². The van der Waals surface area contributed by atoms with E-state index >= 15 is 0 Å². The van der Waals surface area contributed by atoms with Gasteiger partial charge in [-0.05, 0) is 23.1 Å². The molecule has 120 valence electrons. The summed E-state index contributed by atoms with van der Waals surface area (Å²) in [6, 6.07) is 4.83. The fraction of sp³-hybridized carbons (Fsp3) is 0.400. The number of carboxylic acid groups (broad SMARTS) is 1. The normalized spacial score (nSPS) is 12.3. The van der Waals surface area contributed by atoms with Crippen LogP contribution in [0.2, 0.25) is 0 Å². The third-order valence-electron chi connectivity index (χ3n) is 3.08. The minimum absolute atomic E-state index is 0.176. The van der Waals surface area contributed by atoms with Gasteiger partial charge >= 0.3 is 12.0 Å². The van der Waals surface area contributed by atoms with Gasteiger partial charge < -0.3 is 21.5 Å². The monoisotopic (exact) mass is 307 g/mol. The lowest BCUT2D eigenvalue weighted by molar-refractivity contribution is -0.122. The van der Waals surface area contributed by atoms with Crippen LogP contribution in [0, 0.1) is 5.41 Å². The van der Waals surface area contributed by atoms with Gasteiger partial charge in [-0.2, -0.15) is 0 Å². The zero-order chi connectivity index (χ0) is 16.9. The van der Waals surface area contributed by atoms with Gasteiger partial charge in [-0.1, -0.05) is 32.9 Å². The van der Waals surface area contributed by atoms with Crippen molar-refractivity contribution in [1.29, 1.82) is 0 Å². The lowest BCUT2D eigenvalue weighted by Gasteiger charge is -2.28. The Bertz CT molecular complexity index is 561. The SMILES string of the molecule is CC(C)(C)C(NC(=O)NCc1ccc(C(=O)O)cc1)C(N)=O. The zero-order valence-electron chi connectivity index (χ0n) is 12.8. The summed E-state index contributed by atoms with van der Waals surface area (Å²) in [6.45, 7) is 5.61. The first-order chi connectivity index (χ1) is 10.1. The first kappa shape index (κ1) is 17.5. The van der Waals surface area contributed by atoms with Crippen molar-refractivity contribution in [2.75, 3.05) is 0 Å². The van der Waals surface area contributed by atoms with Crippen LogP contribution >= 0.6 is 0 Å². The van der Waals surface area contributed by atoms with E-state index in [0.29, 0.717) is 0 Å². The number of amides is 3. The Balaban J connectivity index is 2.58. The third kappa shape index (κ3) is 5.08. The van der Waals surface area contributed by atoms with Crippen LogP contribution in [-0.4, -0.2) is 29.1 Å². The van der Waals surface area contributed by atoms with E-state index in [0.717, 1.165) is 5.56 Å². The number of carbonyl (C=O) groups excluding carboxylic acids is 2. The number of nitrogens with one attached hydrogen (secondary N) is 2. The van der Waals surface area contributed by atoms with Crippen LogP contribution in [0.3, 0.4) is 0 Å². The van der Waals surface area contributed by atoms with Gasteiger partial charge in [0.05, 0.1) is 5.56 Å². The van der Waals surface area contributed by atoms with Crippen molar-refractivity contribution in [3.05, 3.63) is 35.4 Å². The highest BCUT2D eigenvalue weighted by Crippen LogP contribution is 2.18. The molecule has 0 radical (unpaired) electrons. The molecular weight excluding hydrogens is 286 g/mol. The Morgan fingerprint density at radius 3 is 2.14 bits per heavy atom. The highest BCUT2D eigenvalue weighted by molar-refractivity contribution is 5.87. The van der Waals surface area contributed by atoms with Gasteiger partial charge in [0.2, 0.25) is 5.91 Å². The predicted octanol–water partition coefficient (Wildman–Crippen LogP) is 1.08. The molecule has 1 unspecified atom stereocenters. The minimum Gasteiger partial charge on any atom is -0.478 e. The summed E-state index contributed by atoms with van der Waals surface area (Å²) in [5, 5.41) is 13.9. The topological polar surface area (TPSA) is 122 Å². The smallest absolute Gasteiger partial charge is 0.335 e. The van der Waals surface area contributed by atoms with Crippen molar-refractivity contribution in [3.63, 3.8) is 0 Å². The van der Waals surface area contributed by atoms with E-state index in [1.807, 2.05) is 0 Å². The van der Waals surface area contributed by atoms with Crippen LogP contribution in [0.1, 0.15) is 36.7 Å². The molecule has 1 atom stereocenters. The fourth-order valence-corrected chi connectivity index (χ4v) is 1.84. The quantitative estimate of drug-likeness (QED) is 0.650. The molecule has 0 heterocycles. The first-order valence-corrected chi connectivity index (χ1v) is 6.77. The minimum atomic E-state index is -1.01. The van der Waals surface area contributed by atoms with Gasteiger partial charge in [0.1, 0.15) is 6.04 Å². The molecule has 0 saturated heterocycles. The van der Waals surface area contributed by atoms with E-state index in [1.54, 1.807) is 32.9 Å². The number of aromatic carboxylic acids is 1. The lowest BCUT2D eigenvalue weighted by Crippen LogP contribution is -2.54. The maximum Gasteiger partial charge on any atom is 0.335 e. The molecule has 0 aliphatic heterocycles. The van der Waals surface area contributed by atoms with Gasteiger partial charge in [-0.25, -0.2) is 9.59 Å². The number of rotatable bonds is 5. The van der Waals surface area contributed by atoms with Crippen LogP contribution < -0.4 is 16.4 Å². The molecule has 3 amide bonds. The van der Waals surface area contributed by atoms with Gasteiger partial charge in [-0.3, -0.25) is 4.79 Å². The zero-order valence-corrected chi connectivity index (χ0v) is 12.8. The van der Waals surface area contributed by atoms with Crippen LogP contribution in [0.4, 0.5) is 4.79 Å². The summed E-state index contributed by atoms with van der Waals surface area (Å²) in [5.74, 6) is -1.61. The summed E-state index contributed by atoms with van der Waals surface area (Å²) < 4.78 is 0. The van der Waals surface area contributed by atoms with Crippen molar-refractivity contribution in [2.24, 2.45) is 11.1 Å². The maximum atomic E-state index is 11.8. The Morgan fingerprint density at radius 1 is 1.18 bits per heavy atom. The summed E-state index contributed by atoms with van der Waals surface area (Å²) >= 11 is 0. The molecule has 1 aromatic rings. The number of urea groups is 1. The molecule has 1 rings (SSSR count). The average Bonchev–Trinajstić information content (AvgIpc) is 2.41. The molecule has 1 aromatic carbocycles. The summed E-state index contributed by atoms with van der Waals surface area (Å²) in [7, 11) is 0. The van der Waals surface area contributed by atoms with Gasteiger partial charge in [0.25, 0.3) is 0 Å². The third-order valence-corrected chi connectivity index (χ3v) is 3.08. The highest BCUT2D eigenvalue weighted by Gasteiger charge is 2.30. The first-order valence-electron chi connectivity index (χ1n) is 6.77. The van der Waals surface area contributed by atoms with E-state index in [-0.39, 0.29) is 12.1 Å². The Morgan fingerprint density at radius 2 is 1.73 bits per heavy atom. The summed E-state index contributed by atoms with van der Waals surface area (Å²) in [4.78, 5) is 33.9. The second-order valence-electron chi connectivity index (χ2n) is 6.03. The van der Waals surface area contributed by atoms with Gasteiger partial charge in [-0.15, -0.1) is 0 Å². The van der Waals surface area contributed by atoms with E-state index in [4.69, 9.17) is 10.8 Å². The van der Waals surface area contributed by atoms with Crippen LogP contribution in [0.15, 0.2) is 24.3 Å². The Kier molecular flexibility index (Phi) is 5.50. The van der Waals surface area contributed by atoms with Crippen molar-refractivity contribution >= 4 is 17.9 Å². The maximum absolute atomic E-state index is 11.8. The van der Waals surface area contributed by atoms with Crippen LogP contribution in [0.25, 0.3) is 0 Å². The van der Waals surface area contributed by atoms with E-state index < -0.39 is 29.4 Å². The summed E-state index contributed by atoms with van der Waals surface area (Å²) in [6.07, 6.45) is 0. The fourth-order valence-electron chi connectivity index (χ4n) is 1.84. The second-order valence-corrected chi connectivity index (χ2v) is 6.03. The van der Waals surface area contributed by atoms with E-state index in [9.17, 15) is 14.4 Å². The average molecular weight is 307 g/mol. The molecule has 0 aliphatic rings. The largest absolute Gasteiger partial charge is 0.478 e. The molecule has 0 saturated carbocycles. The molecule has 22 heavy (non-hydrogen) atoms. The number of carboxylic acids is 1. The van der Waals surface area contributed by atoms with E-state index in [2.05, 4.69) is 10.6 Å². The number of hydrogen-bond donors (Lipinski definition) is 4. The lowest BCUT2D eigenvalue weighted by atomic mass is 9.86. The molecule has 0 fully saturated rings. The number of carbonyl (C=O) groups is 3. The van der Waals surface area contributed by atoms with Crippen molar-refractivity contribution in [1.82, 2.24) is 10.6 Å². The number of benzene rings is 1. The number of hydrogen-bond acceptors (Lipinski definition) is 3. The number of primary amides is 1. The van der Waals surface area contributed by atoms with Crippen LogP contribution in [-0.2, 0) is 11.3 Å². The molecule has 7 heteroatoms. The van der Waals surface area contributed by atoms with E-state index in [1.165, 1.54) is 12.1 Å². The Labute approximate surface area is 128 Å². The standard InChI is InChI=1S/C15H21N3O4/c1-15(2,3)11(12(16)19)18-14(22)17-8-9-4-6-10(7-5-9)13(20)21/h4-7,11H,8H2,1-3H3,(H2,16,19)(H,20,21)(H2,17,18,22). The molecule has 5 N–H and O–H groups in total. The molecule has 0 aromatic heterocycles. The molecule has 0 aliphatic carbocycles. The Hall–Kier alpha value is -2.57. The summed E-state index contributed by atoms with van der Waals surface area (Å²) in [5.41, 5.74) is 5.71. The molecule has 7 nitrogen and oxygen atoms in total. The predicted molar refractivity (Wildman–Crippen MR) is 81.2 cm³/mol. The second kappa shape index (κ2) is 6.93. The molecule has 0 bridgehead atoms. The van der Waals surface area contributed by atoms with Crippen molar-refractivity contribution < 1.29 is 19.5 Å². The molecular formula is C15H21N3O4. The van der Waals surface area contributed by atoms with Crippen LogP contribution in [0.5, 0.6) is 0 Å². The van der Waals surface area contributed by atoms with Gasteiger partial charge in [0.15, 0.2) is 0 Å². The van der Waals surface area contributed by atoms with Crippen molar-refractivity contribution in [2.45, 2.75) is 33.4 Å².